The van der Waals surface area contributed by atoms with E-state index in [1.165, 1.54) is 44.0 Å². The fraction of sp³-hybridized carbons (Fsp3) is 0.267. The predicted molar refractivity (Wildman–Crippen MR) is 75.2 cm³/mol. The Labute approximate surface area is 110 Å². The number of nitrogens with two attached hydrogens (primary N) is 1. The van der Waals surface area contributed by atoms with Gasteiger partial charge in [-0.05, 0) is 60.6 Å². The van der Waals surface area contributed by atoms with Gasteiger partial charge in [0.1, 0.15) is 0 Å². The topological polar surface area (TPSA) is 43.1 Å². The van der Waals surface area contributed by atoms with Crippen LogP contribution in [0.15, 0.2) is 18.2 Å². The highest BCUT2D eigenvalue weighted by atomic mass is 32.1. The summed E-state index contributed by atoms with van der Waals surface area (Å²) in [4.78, 5) is 13.2. The van der Waals surface area contributed by atoms with E-state index in [2.05, 4.69) is 26.0 Å². The molecule has 0 radical (unpaired) electrons. The molecule has 1 amide bonds. The highest BCUT2D eigenvalue weighted by Crippen LogP contribution is 2.41. The first-order valence-electron chi connectivity index (χ1n) is 6.10. The number of benzene rings is 1. The van der Waals surface area contributed by atoms with Crippen LogP contribution < -0.4 is 5.73 Å². The Morgan fingerprint density at radius 1 is 1.28 bits per heavy atom. The lowest BCUT2D eigenvalue weighted by Gasteiger charge is -2.19. The quantitative estimate of drug-likeness (QED) is 0.837. The lowest BCUT2D eigenvalue weighted by molar-refractivity contribution is 0.100. The Morgan fingerprint density at radius 3 is 2.78 bits per heavy atom. The molecule has 0 spiro atoms. The Balaban J connectivity index is 2.23. The van der Waals surface area contributed by atoms with Gasteiger partial charge in [-0.2, -0.15) is 0 Å². The van der Waals surface area contributed by atoms with E-state index in [0.717, 1.165) is 12.8 Å². The second-order valence-electron chi connectivity index (χ2n) is 4.86. The van der Waals surface area contributed by atoms with Gasteiger partial charge in [0, 0.05) is 4.88 Å². The number of aryl methyl sites for hydroxylation is 2. The molecule has 1 aliphatic rings. The van der Waals surface area contributed by atoms with Gasteiger partial charge in [0.15, 0.2) is 0 Å². The van der Waals surface area contributed by atoms with Crippen LogP contribution in [-0.2, 0) is 12.8 Å². The normalized spacial score (nSPS) is 13.0. The maximum atomic E-state index is 11.3. The lowest BCUT2D eigenvalue weighted by atomic mass is 9.87. The summed E-state index contributed by atoms with van der Waals surface area (Å²) in [6.45, 7) is 4.33. The lowest BCUT2D eigenvalue weighted by Crippen LogP contribution is -2.08. The van der Waals surface area contributed by atoms with Crippen molar-refractivity contribution in [1.29, 1.82) is 0 Å². The average molecular weight is 257 g/mol. The summed E-state index contributed by atoms with van der Waals surface area (Å²) in [5.74, 6) is -0.320. The molecule has 2 nitrogen and oxygen atoms in total. The molecule has 92 valence electrons. The van der Waals surface area contributed by atoms with Crippen molar-refractivity contribution in [2.45, 2.75) is 26.7 Å². The summed E-state index contributed by atoms with van der Waals surface area (Å²) in [7, 11) is 0. The SMILES string of the molecule is Cc1ccc2c(c1C)CCc1cc(C(N)=O)sc1-2. The van der Waals surface area contributed by atoms with Crippen LogP contribution in [0.3, 0.4) is 0 Å². The standard InChI is InChI=1S/C15H15NOS/c1-8-3-5-12-11(9(8)2)6-4-10-7-13(15(16)17)18-14(10)12/h3,5,7H,4,6H2,1-2H3,(H2,16,17). The smallest absolute Gasteiger partial charge is 0.258 e. The number of carbonyl (C=O) groups excluding carboxylic acids is 1. The Hall–Kier alpha value is -1.61. The molecule has 1 aromatic carbocycles. The molecule has 1 heterocycles. The number of thiophene rings is 1. The first-order valence-corrected chi connectivity index (χ1v) is 6.91. The molecular weight excluding hydrogens is 242 g/mol. The van der Waals surface area contributed by atoms with Crippen LogP contribution in [-0.4, -0.2) is 5.91 Å². The number of primary amides is 1. The maximum Gasteiger partial charge on any atom is 0.258 e. The van der Waals surface area contributed by atoms with Crippen molar-refractivity contribution in [2.24, 2.45) is 5.73 Å². The summed E-state index contributed by atoms with van der Waals surface area (Å²) in [6, 6.07) is 6.30. The van der Waals surface area contributed by atoms with Crippen LogP contribution in [0.25, 0.3) is 10.4 Å². The predicted octanol–water partition coefficient (Wildman–Crippen LogP) is 3.23. The largest absolute Gasteiger partial charge is 0.365 e. The van der Waals surface area contributed by atoms with Gasteiger partial charge in [-0.25, -0.2) is 0 Å². The average Bonchev–Trinajstić information content (AvgIpc) is 2.77. The van der Waals surface area contributed by atoms with Gasteiger partial charge in [-0.15, -0.1) is 11.3 Å². The molecule has 0 saturated carbocycles. The number of fused-ring (bicyclic) bond motifs is 3. The third kappa shape index (κ3) is 1.58. The first kappa shape index (κ1) is 11.5. The summed E-state index contributed by atoms with van der Waals surface area (Å²) < 4.78 is 0. The zero-order valence-corrected chi connectivity index (χ0v) is 11.4. The van der Waals surface area contributed by atoms with Crippen molar-refractivity contribution in [3.63, 3.8) is 0 Å². The van der Waals surface area contributed by atoms with E-state index in [1.54, 1.807) is 0 Å². The summed E-state index contributed by atoms with van der Waals surface area (Å²) in [6.07, 6.45) is 2.07. The van der Waals surface area contributed by atoms with Gasteiger partial charge in [0.05, 0.1) is 4.88 Å². The van der Waals surface area contributed by atoms with Gasteiger partial charge >= 0.3 is 0 Å². The van der Waals surface area contributed by atoms with Crippen molar-refractivity contribution < 1.29 is 4.79 Å². The number of amides is 1. The minimum Gasteiger partial charge on any atom is -0.365 e. The number of rotatable bonds is 1. The molecule has 0 saturated heterocycles. The van der Waals surface area contributed by atoms with Gasteiger partial charge in [-0.1, -0.05) is 12.1 Å². The van der Waals surface area contributed by atoms with Gasteiger partial charge in [0.25, 0.3) is 5.91 Å². The van der Waals surface area contributed by atoms with Crippen LogP contribution in [0.5, 0.6) is 0 Å². The zero-order valence-electron chi connectivity index (χ0n) is 10.5. The van der Waals surface area contributed by atoms with E-state index in [0.29, 0.717) is 4.88 Å². The molecule has 0 fully saturated rings. The molecule has 0 atom stereocenters. The van der Waals surface area contributed by atoms with Gasteiger partial charge in [0.2, 0.25) is 0 Å². The van der Waals surface area contributed by atoms with Crippen LogP contribution in [0.2, 0.25) is 0 Å². The molecule has 3 rings (SSSR count). The van der Waals surface area contributed by atoms with Gasteiger partial charge < -0.3 is 5.73 Å². The minimum atomic E-state index is -0.320. The third-order valence-corrected chi connectivity index (χ3v) is 5.04. The molecule has 1 aliphatic carbocycles. The summed E-state index contributed by atoms with van der Waals surface area (Å²) in [5, 5.41) is 0. The van der Waals surface area contributed by atoms with E-state index in [1.807, 2.05) is 6.07 Å². The van der Waals surface area contributed by atoms with E-state index in [-0.39, 0.29) is 5.91 Å². The molecule has 18 heavy (non-hydrogen) atoms. The maximum absolute atomic E-state index is 11.3. The highest BCUT2D eigenvalue weighted by Gasteiger charge is 2.22. The van der Waals surface area contributed by atoms with Crippen LogP contribution in [0.1, 0.15) is 31.9 Å². The van der Waals surface area contributed by atoms with E-state index < -0.39 is 0 Å². The Kier molecular flexibility index (Phi) is 2.52. The number of hydrogen-bond donors (Lipinski definition) is 1. The second-order valence-corrected chi connectivity index (χ2v) is 5.92. The zero-order chi connectivity index (χ0) is 12.9. The molecule has 0 unspecified atom stereocenters. The van der Waals surface area contributed by atoms with Crippen LogP contribution in [0, 0.1) is 13.8 Å². The third-order valence-electron chi connectivity index (χ3n) is 3.81. The van der Waals surface area contributed by atoms with Crippen molar-refractivity contribution >= 4 is 17.2 Å². The minimum absolute atomic E-state index is 0.320. The summed E-state index contributed by atoms with van der Waals surface area (Å²) >= 11 is 1.53. The second kappa shape index (κ2) is 3.95. The molecule has 0 aliphatic heterocycles. The molecule has 3 heteroatoms. The first-order chi connectivity index (χ1) is 8.58. The molecule has 1 aromatic heterocycles. The Bertz CT molecular complexity index is 655. The number of hydrogen-bond acceptors (Lipinski definition) is 2. The van der Waals surface area contributed by atoms with E-state index in [9.17, 15) is 4.79 Å². The van der Waals surface area contributed by atoms with E-state index in [4.69, 9.17) is 5.73 Å². The van der Waals surface area contributed by atoms with Crippen molar-refractivity contribution in [1.82, 2.24) is 0 Å². The van der Waals surface area contributed by atoms with Crippen molar-refractivity contribution in [3.05, 3.63) is 45.3 Å². The molecule has 2 N–H and O–H groups in total. The summed E-state index contributed by atoms with van der Waals surface area (Å²) in [5.41, 5.74) is 12.1. The molecule has 0 bridgehead atoms. The fourth-order valence-electron chi connectivity index (χ4n) is 2.63. The number of carbonyl (C=O) groups is 1. The van der Waals surface area contributed by atoms with Gasteiger partial charge in [-0.3, -0.25) is 4.79 Å². The van der Waals surface area contributed by atoms with Crippen LogP contribution in [0.4, 0.5) is 0 Å². The van der Waals surface area contributed by atoms with Crippen molar-refractivity contribution in [3.8, 4) is 10.4 Å². The molecule has 2 aromatic rings. The molecular formula is C15H15NOS. The fourth-order valence-corrected chi connectivity index (χ4v) is 3.75. The monoisotopic (exact) mass is 257 g/mol. The van der Waals surface area contributed by atoms with E-state index >= 15 is 0 Å². The van der Waals surface area contributed by atoms with Crippen molar-refractivity contribution in [2.75, 3.05) is 0 Å². The highest BCUT2D eigenvalue weighted by molar-refractivity contribution is 7.17. The Morgan fingerprint density at radius 2 is 2.06 bits per heavy atom. The van der Waals surface area contributed by atoms with Crippen LogP contribution >= 0.6 is 11.3 Å².